The largest absolute Gasteiger partial charge is 0.493 e. The quantitative estimate of drug-likeness (QED) is 0.255. The molecule has 5 rings (SSSR count). The Balaban J connectivity index is 1.18. The van der Waals surface area contributed by atoms with Gasteiger partial charge in [-0.25, -0.2) is 4.98 Å². The molecule has 0 atom stereocenters. The maximum Gasteiger partial charge on any atom is 0.229 e. The molecule has 4 aromatic rings. The molecule has 8 nitrogen and oxygen atoms in total. The van der Waals surface area contributed by atoms with Gasteiger partial charge in [-0.05, 0) is 74.8 Å². The summed E-state index contributed by atoms with van der Waals surface area (Å²) in [6.45, 7) is 4.18. The minimum absolute atomic E-state index is 0.495. The fraction of sp³-hybridized carbons (Fsp3) is 0.333. The van der Waals surface area contributed by atoms with Gasteiger partial charge in [-0.15, -0.1) is 0 Å². The number of rotatable bonds is 10. The fourth-order valence-corrected chi connectivity index (χ4v) is 4.41. The summed E-state index contributed by atoms with van der Waals surface area (Å²) in [4.78, 5) is 14.7. The standard InChI is InChI=1S/C27H32N6O2/c1-34-25-19-22(7-9-24(25)35-17-5-16-33-14-3-2-4-15-33)31-27-29-13-11-26(32-27)30-21-6-8-23-20(18-21)10-12-28-23/h6-13,18-19,28H,2-5,14-17H2,1H3,(H2,29,30,31,32). The van der Waals surface area contributed by atoms with Crippen molar-refractivity contribution >= 4 is 34.0 Å². The Hall–Kier alpha value is -3.78. The van der Waals surface area contributed by atoms with Gasteiger partial charge in [-0.2, -0.15) is 4.98 Å². The number of H-pyrrole nitrogens is 1. The van der Waals surface area contributed by atoms with Crippen molar-refractivity contribution in [1.82, 2.24) is 19.9 Å². The van der Waals surface area contributed by atoms with E-state index in [-0.39, 0.29) is 0 Å². The van der Waals surface area contributed by atoms with Crippen LogP contribution in [0, 0.1) is 0 Å². The number of ether oxygens (including phenoxy) is 2. The molecule has 8 heteroatoms. The molecule has 3 N–H and O–H groups in total. The van der Waals surface area contributed by atoms with Crippen LogP contribution in [0.25, 0.3) is 10.9 Å². The third-order valence-electron chi connectivity index (χ3n) is 6.23. The van der Waals surface area contributed by atoms with Gasteiger partial charge in [0, 0.05) is 47.3 Å². The van der Waals surface area contributed by atoms with Crippen molar-refractivity contribution in [3.05, 3.63) is 60.9 Å². The smallest absolute Gasteiger partial charge is 0.229 e. The summed E-state index contributed by atoms with van der Waals surface area (Å²) in [5, 5.41) is 7.74. The predicted octanol–water partition coefficient (Wildman–Crippen LogP) is 5.71. The zero-order valence-electron chi connectivity index (χ0n) is 20.1. The van der Waals surface area contributed by atoms with E-state index >= 15 is 0 Å². The summed E-state index contributed by atoms with van der Waals surface area (Å²) in [6, 6.07) is 15.8. The number of methoxy groups -OCH3 is 1. The highest BCUT2D eigenvalue weighted by molar-refractivity contribution is 5.83. The van der Waals surface area contributed by atoms with Crippen molar-refractivity contribution in [3.63, 3.8) is 0 Å². The summed E-state index contributed by atoms with van der Waals surface area (Å²) in [5.74, 6) is 2.63. The van der Waals surface area contributed by atoms with E-state index in [4.69, 9.17) is 9.47 Å². The lowest BCUT2D eigenvalue weighted by Gasteiger charge is -2.26. The van der Waals surface area contributed by atoms with E-state index in [1.54, 1.807) is 13.3 Å². The summed E-state index contributed by atoms with van der Waals surface area (Å²) < 4.78 is 11.6. The molecule has 1 saturated heterocycles. The molecule has 1 fully saturated rings. The minimum atomic E-state index is 0.495. The van der Waals surface area contributed by atoms with Gasteiger partial charge in [0.2, 0.25) is 5.95 Å². The zero-order chi connectivity index (χ0) is 23.9. The average Bonchev–Trinajstić information content (AvgIpc) is 3.36. The molecule has 182 valence electrons. The Morgan fingerprint density at radius 3 is 2.69 bits per heavy atom. The number of hydrogen-bond donors (Lipinski definition) is 3. The lowest BCUT2D eigenvalue weighted by atomic mass is 10.1. The number of aromatic nitrogens is 3. The second kappa shape index (κ2) is 11.1. The first-order valence-corrected chi connectivity index (χ1v) is 12.2. The summed E-state index contributed by atoms with van der Waals surface area (Å²) in [6.07, 6.45) is 8.66. The van der Waals surface area contributed by atoms with Crippen molar-refractivity contribution in [3.8, 4) is 11.5 Å². The summed E-state index contributed by atoms with van der Waals surface area (Å²) in [7, 11) is 1.65. The lowest BCUT2D eigenvalue weighted by molar-refractivity contribution is 0.203. The molecule has 1 aliphatic heterocycles. The highest BCUT2D eigenvalue weighted by Crippen LogP contribution is 2.31. The van der Waals surface area contributed by atoms with Crippen LogP contribution in [0.3, 0.4) is 0 Å². The number of nitrogens with one attached hydrogen (secondary N) is 3. The molecule has 0 amide bonds. The van der Waals surface area contributed by atoms with E-state index in [0.29, 0.717) is 24.1 Å². The van der Waals surface area contributed by atoms with Gasteiger partial charge in [0.25, 0.3) is 0 Å². The van der Waals surface area contributed by atoms with Crippen LogP contribution in [0.4, 0.5) is 23.1 Å². The third-order valence-corrected chi connectivity index (χ3v) is 6.23. The monoisotopic (exact) mass is 472 g/mol. The van der Waals surface area contributed by atoms with Gasteiger partial charge in [0.15, 0.2) is 11.5 Å². The van der Waals surface area contributed by atoms with Crippen LogP contribution in [0.5, 0.6) is 11.5 Å². The van der Waals surface area contributed by atoms with Crippen molar-refractivity contribution in [2.24, 2.45) is 0 Å². The van der Waals surface area contributed by atoms with Crippen LogP contribution in [0.2, 0.25) is 0 Å². The van der Waals surface area contributed by atoms with E-state index in [1.807, 2.05) is 48.7 Å². The molecule has 2 aromatic carbocycles. The van der Waals surface area contributed by atoms with Crippen LogP contribution in [-0.4, -0.2) is 53.2 Å². The maximum atomic E-state index is 6.01. The molecule has 2 aromatic heterocycles. The molecular formula is C27H32N6O2. The predicted molar refractivity (Wildman–Crippen MR) is 140 cm³/mol. The average molecular weight is 473 g/mol. The second-order valence-electron chi connectivity index (χ2n) is 8.77. The van der Waals surface area contributed by atoms with Gasteiger partial charge in [-0.3, -0.25) is 0 Å². The number of fused-ring (bicyclic) bond motifs is 1. The molecular weight excluding hydrogens is 440 g/mol. The number of hydrogen-bond acceptors (Lipinski definition) is 7. The van der Waals surface area contributed by atoms with E-state index < -0.39 is 0 Å². The number of anilines is 4. The Morgan fingerprint density at radius 1 is 0.943 bits per heavy atom. The Kier molecular flexibility index (Phi) is 7.29. The topological polar surface area (TPSA) is 87.3 Å². The fourth-order valence-electron chi connectivity index (χ4n) is 4.41. The molecule has 0 spiro atoms. The van der Waals surface area contributed by atoms with Crippen LogP contribution in [0.15, 0.2) is 60.9 Å². The van der Waals surface area contributed by atoms with Crippen LogP contribution in [-0.2, 0) is 0 Å². The molecule has 1 aliphatic rings. The first-order valence-electron chi connectivity index (χ1n) is 12.2. The van der Waals surface area contributed by atoms with Crippen LogP contribution >= 0.6 is 0 Å². The zero-order valence-corrected chi connectivity index (χ0v) is 20.1. The molecule has 3 heterocycles. The Bertz CT molecular complexity index is 1250. The molecule has 0 unspecified atom stereocenters. The molecule has 0 aliphatic carbocycles. The summed E-state index contributed by atoms with van der Waals surface area (Å²) in [5.41, 5.74) is 2.89. The first-order chi connectivity index (χ1) is 17.3. The van der Waals surface area contributed by atoms with Crippen molar-refractivity contribution in [2.75, 3.05) is 44.0 Å². The highest BCUT2D eigenvalue weighted by atomic mass is 16.5. The van der Waals surface area contributed by atoms with Gasteiger partial charge in [0.1, 0.15) is 5.82 Å². The van der Waals surface area contributed by atoms with E-state index in [2.05, 4.69) is 36.6 Å². The minimum Gasteiger partial charge on any atom is -0.493 e. The Morgan fingerprint density at radius 2 is 1.80 bits per heavy atom. The Labute approximate surface area is 205 Å². The number of nitrogens with zero attached hydrogens (tertiary/aromatic N) is 3. The van der Waals surface area contributed by atoms with Gasteiger partial charge in [0.05, 0.1) is 13.7 Å². The second-order valence-corrected chi connectivity index (χ2v) is 8.77. The van der Waals surface area contributed by atoms with Crippen molar-refractivity contribution < 1.29 is 9.47 Å². The van der Waals surface area contributed by atoms with Gasteiger partial charge < -0.3 is 30.0 Å². The van der Waals surface area contributed by atoms with Crippen molar-refractivity contribution in [2.45, 2.75) is 25.7 Å². The molecule has 0 saturated carbocycles. The number of likely N-dealkylation sites (tertiary alicyclic amines) is 1. The third kappa shape index (κ3) is 6.02. The van der Waals surface area contributed by atoms with Gasteiger partial charge in [-0.1, -0.05) is 6.42 Å². The first kappa shape index (κ1) is 23.0. The lowest BCUT2D eigenvalue weighted by Crippen LogP contribution is -2.31. The molecule has 0 bridgehead atoms. The van der Waals surface area contributed by atoms with Crippen LogP contribution < -0.4 is 20.1 Å². The van der Waals surface area contributed by atoms with E-state index in [9.17, 15) is 0 Å². The highest BCUT2D eigenvalue weighted by Gasteiger charge is 2.11. The van der Waals surface area contributed by atoms with Crippen LogP contribution in [0.1, 0.15) is 25.7 Å². The van der Waals surface area contributed by atoms with E-state index in [0.717, 1.165) is 41.0 Å². The number of aromatic amines is 1. The summed E-state index contributed by atoms with van der Waals surface area (Å²) >= 11 is 0. The SMILES string of the molecule is COc1cc(Nc2nccc(Nc3ccc4[nH]ccc4c3)n2)ccc1OCCCN1CCCCC1. The number of piperidine rings is 1. The van der Waals surface area contributed by atoms with E-state index in [1.165, 1.54) is 32.4 Å². The normalized spacial score (nSPS) is 14.1. The molecule has 0 radical (unpaired) electrons. The maximum absolute atomic E-state index is 6.01. The van der Waals surface area contributed by atoms with Crippen molar-refractivity contribution in [1.29, 1.82) is 0 Å². The number of benzene rings is 2. The molecule has 35 heavy (non-hydrogen) atoms. The van der Waals surface area contributed by atoms with Gasteiger partial charge >= 0.3 is 0 Å².